The first-order valence-electron chi connectivity index (χ1n) is 4.19. The van der Waals surface area contributed by atoms with Gasteiger partial charge < -0.3 is 0 Å². The molecule has 0 unspecified atom stereocenters. The molecule has 0 spiro atoms. The van der Waals surface area contributed by atoms with Crippen LogP contribution in [0.1, 0.15) is 13.3 Å². The van der Waals surface area contributed by atoms with Crippen molar-refractivity contribution in [2.75, 3.05) is 27.7 Å². The fourth-order valence-electron chi connectivity index (χ4n) is 1.02. The van der Waals surface area contributed by atoms with E-state index < -0.39 is 0 Å². The Morgan fingerprint density at radius 3 is 2.25 bits per heavy atom. The van der Waals surface area contributed by atoms with Gasteiger partial charge in [0, 0.05) is 6.08 Å². The molecule has 0 aromatic heterocycles. The Balaban J connectivity index is 4.43. The van der Waals surface area contributed by atoms with Crippen LogP contribution in [0.25, 0.3) is 0 Å². The van der Waals surface area contributed by atoms with E-state index in [0.717, 1.165) is 13.0 Å². The van der Waals surface area contributed by atoms with Crippen molar-refractivity contribution in [3.8, 4) is 0 Å². The van der Waals surface area contributed by atoms with E-state index in [0.29, 0.717) is 4.59 Å². The maximum Gasteiger partial charge on any atom is 0.290 e. The van der Waals surface area contributed by atoms with Crippen LogP contribution in [0.3, 0.4) is 0 Å². The Morgan fingerprint density at radius 2 is 2.00 bits per heavy atom. The topological polar surface area (TPSA) is 20.3 Å². The number of hydrogen-bond donors (Lipinski definition) is 0. The van der Waals surface area contributed by atoms with E-state index in [2.05, 4.69) is 13.5 Å². The summed E-state index contributed by atoms with van der Waals surface area (Å²) in [6.45, 7) is 6.30. The molecular weight excluding hydrogens is 152 g/mol. The van der Waals surface area contributed by atoms with Crippen molar-refractivity contribution in [2.24, 2.45) is 0 Å². The monoisotopic (exact) mass is 171 g/mol. The summed E-state index contributed by atoms with van der Waals surface area (Å²) in [6, 6.07) is 0. The van der Waals surface area contributed by atoms with E-state index in [-0.39, 0.29) is 5.91 Å². The van der Waals surface area contributed by atoms with Crippen molar-refractivity contribution in [3.63, 3.8) is 0 Å². The van der Waals surface area contributed by atoms with Crippen molar-refractivity contribution >= 4 is 5.91 Å². The molecular formula is C9H19N2O+. The zero-order valence-electron chi connectivity index (χ0n) is 8.50. The van der Waals surface area contributed by atoms with Crippen molar-refractivity contribution in [2.45, 2.75) is 13.3 Å². The number of rotatable bonds is 4. The quantitative estimate of drug-likeness (QED) is 0.351. The molecule has 0 bridgehead atoms. The van der Waals surface area contributed by atoms with E-state index in [9.17, 15) is 4.79 Å². The molecule has 0 aliphatic heterocycles. The molecule has 0 saturated heterocycles. The maximum atomic E-state index is 11.3. The highest BCUT2D eigenvalue weighted by Gasteiger charge is 2.23. The minimum absolute atomic E-state index is 0.00986. The first kappa shape index (κ1) is 11.2. The molecule has 1 amide bonds. The van der Waals surface area contributed by atoms with Crippen LogP contribution >= 0.6 is 0 Å². The van der Waals surface area contributed by atoms with Crippen LogP contribution in [-0.2, 0) is 4.79 Å². The number of quaternary nitrogens is 1. The van der Waals surface area contributed by atoms with Gasteiger partial charge in [-0.15, -0.1) is 0 Å². The van der Waals surface area contributed by atoms with Gasteiger partial charge in [-0.25, -0.2) is 4.59 Å². The summed E-state index contributed by atoms with van der Waals surface area (Å²) in [5, 5.41) is 1.77. The normalized spacial score (nSPS) is 11.0. The minimum atomic E-state index is -0.00986. The molecule has 0 rings (SSSR count). The third-order valence-corrected chi connectivity index (χ3v) is 1.59. The molecule has 0 saturated carbocycles. The molecule has 0 atom stereocenters. The highest BCUT2D eigenvalue weighted by molar-refractivity contribution is 5.85. The lowest BCUT2D eigenvalue weighted by molar-refractivity contribution is -0.973. The van der Waals surface area contributed by atoms with Crippen molar-refractivity contribution in [1.82, 2.24) is 5.01 Å². The molecule has 0 radical (unpaired) electrons. The summed E-state index contributed by atoms with van der Waals surface area (Å²) in [4.78, 5) is 11.3. The molecule has 70 valence electrons. The fraction of sp³-hybridized carbons (Fsp3) is 0.667. The number of carbonyl (C=O) groups is 1. The Hall–Kier alpha value is -0.830. The number of carbonyl (C=O) groups excluding carboxylic acids is 1. The fourth-order valence-corrected chi connectivity index (χ4v) is 1.02. The molecule has 0 aliphatic rings. The number of nitrogens with zero attached hydrogens (tertiary/aromatic N) is 2. The van der Waals surface area contributed by atoms with Crippen LogP contribution in [0.15, 0.2) is 12.7 Å². The smallest absolute Gasteiger partial charge is 0.265 e. The molecule has 0 heterocycles. The van der Waals surface area contributed by atoms with Gasteiger partial charge in [-0.1, -0.05) is 13.5 Å². The summed E-state index contributed by atoms with van der Waals surface area (Å²) in [7, 11) is 5.91. The second-order valence-corrected chi connectivity index (χ2v) is 3.61. The van der Waals surface area contributed by atoms with Gasteiger partial charge in [0.05, 0.1) is 27.7 Å². The zero-order valence-corrected chi connectivity index (χ0v) is 8.50. The standard InChI is InChI=1S/C9H19N2O/c1-6-8-10(9(12)7-2)11(3,4)5/h7H,2,6,8H2,1,3-5H3/q+1. The van der Waals surface area contributed by atoms with Crippen LogP contribution in [0, 0.1) is 0 Å². The van der Waals surface area contributed by atoms with Crippen molar-refractivity contribution in [1.29, 1.82) is 0 Å². The molecule has 0 N–H and O–H groups in total. The molecule has 0 aromatic rings. The van der Waals surface area contributed by atoms with Crippen LogP contribution in [0.5, 0.6) is 0 Å². The van der Waals surface area contributed by atoms with Gasteiger partial charge in [-0.3, -0.25) is 4.79 Å². The van der Waals surface area contributed by atoms with Gasteiger partial charge in [-0.05, 0) is 6.42 Å². The molecule has 3 nitrogen and oxygen atoms in total. The lowest BCUT2D eigenvalue weighted by atomic mass is 10.4. The summed E-state index contributed by atoms with van der Waals surface area (Å²) in [5.74, 6) is -0.00986. The number of hydrogen-bond acceptors (Lipinski definition) is 1. The highest BCUT2D eigenvalue weighted by Crippen LogP contribution is 2.03. The summed E-state index contributed by atoms with van der Waals surface area (Å²) in [5.41, 5.74) is 0. The molecule has 3 heteroatoms. The average molecular weight is 171 g/mol. The predicted molar refractivity (Wildman–Crippen MR) is 50.2 cm³/mol. The second kappa shape index (κ2) is 4.26. The molecule has 0 fully saturated rings. The van der Waals surface area contributed by atoms with E-state index in [1.54, 1.807) is 5.01 Å². The SMILES string of the molecule is C=CC(=O)N(CCC)[N+](C)(C)C. The van der Waals surface area contributed by atoms with Gasteiger partial charge >= 0.3 is 0 Å². The Kier molecular flexibility index (Phi) is 3.96. The van der Waals surface area contributed by atoms with E-state index in [1.807, 2.05) is 21.1 Å². The lowest BCUT2D eigenvalue weighted by Gasteiger charge is -2.35. The third-order valence-electron chi connectivity index (χ3n) is 1.59. The average Bonchev–Trinajstić information content (AvgIpc) is 1.96. The second-order valence-electron chi connectivity index (χ2n) is 3.61. The van der Waals surface area contributed by atoms with E-state index in [4.69, 9.17) is 0 Å². The van der Waals surface area contributed by atoms with Gasteiger partial charge in [0.2, 0.25) is 0 Å². The van der Waals surface area contributed by atoms with E-state index in [1.165, 1.54) is 6.08 Å². The molecule has 12 heavy (non-hydrogen) atoms. The predicted octanol–water partition coefficient (Wildman–Crippen LogP) is 1.03. The first-order chi connectivity index (χ1) is 5.43. The Bertz CT molecular complexity index is 170. The van der Waals surface area contributed by atoms with Crippen molar-refractivity contribution in [3.05, 3.63) is 12.7 Å². The zero-order chi connectivity index (χ0) is 9.78. The maximum absolute atomic E-state index is 11.3. The Morgan fingerprint density at radius 1 is 1.50 bits per heavy atom. The lowest BCUT2D eigenvalue weighted by Crippen LogP contribution is -2.54. The van der Waals surface area contributed by atoms with Gasteiger partial charge in [-0.2, -0.15) is 5.01 Å². The van der Waals surface area contributed by atoms with E-state index >= 15 is 0 Å². The van der Waals surface area contributed by atoms with Crippen LogP contribution in [0.2, 0.25) is 0 Å². The van der Waals surface area contributed by atoms with Crippen LogP contribution < -0.4 is 0 Å². The van der Waals surface area contributed by atoms with Gasteiger partial charge in [0.1, 0.15) is 0 Å². The van der Waals surface area contributed by atoms with Crippen molar-refractivity contribution < 1.29 is 9.39 Å². The third kappa shape index (κ3) is 3.05. The van der Waals surface area contributed by atoms with Gasteiger partial charge in [0.25, 0.3) is 5.91 Å². The molecule has 0 aromatic carbocycles. The van der Waals surface area contributed by atoms with Crippen LogP contribution in [-0.4, -0.2) is 43.2 Å². The largest absolute Gasteiger partial charge is 0.290 e. The summed E-state index contributed by atoms with van der Waals surface area (Å²) >= 11 is 0. The molecule has 0 aliphatic carbocycles. The highest BCUT2D eigenvalue weighted by atomic mass is 16.2. The first-order valence-corrected chi connectivity index (χ1v) is 4.19. The van der Waals surface area contributed by atoms with Gasteiger partial charge in [0.15, 0.2) is 0 Å². The summed E-state index contributed by atoms with van der Waals surface area (Å²) in [6.07, 6.45) is 2.33. The minimum Gasteiger partial charge on any atom is -0.265 e. The van der Waals surface area contributed by atoms with Crippen LogP contribution in [0.4, 0.5) is 0 Å². The summed E-state index contributed by atoms with van der Waals surface area (Å²) < 4.78 is 0.526. The number of amides is 1. The Labute approximate surface area is 74.8 Å².